The first-order valence-corrected chi connectivity index (χ1v) is 4.31. The van der Waals surface area contributed by atoms with Crippen LogP contribution in [0.1, 0.15) is 32.1 Å². The van der Waals surface area contributed by atoms with Crippen molar-refractivity contribution in [1.29, 1.82) is 0 Å². The molecule has 0 aliphatic heterocycles. The van der Waals surface area contributed by atoms with E-state index in [1.807, 2.05) is 0 Å². The molecule has 0 saturated heterocycles. The largest absolute Gasteiger partial charge is 0.370 e. The minimum atomic E-state index is -0.184. The van der Waals surface area contributed by atoms with Gasteiger partial charge in [0.05, 0.1) is 0 Å². The predicted octanol–water partition coefficient (Wildman–Crippen LogP) is 0.394. The molecule has 0 aromatic rings. The Kier molecular flexibility index (Phi) is 3.36. The number of amides is 1. The summed E-state index contributed by atoms with van der Waals surface area (Å²) in [6.45, 7) is 1.04. The zero-order chi connectivity index (χ0) is 8.10. The van der Waals surface area contributed by atoms with Crippen molar-refractivity contribution in [3.05, 3.63) is 0 Å². The third-order valence-electron chi connectivity index (χ3n) is 1.86. The third-order valence-corrected chi connectivity index (χ3v) is 1.86. The molecule has 3 N–H and O–H groups in total. The Morgan fingerprint density at radius 1 is 1.45 bits per heavy atom. The molecule has 3 heteroatoms. The number of hydrogen-bond donors (Lipinski definition) is 2. The number of rotatable bonds is 6. The lowest BCUT2D eigenvalue weighted by molar-refractivity contribution is -0.118. The summed E-state index contributed by atoms with van der Waals surface area (Å²) in [6.07, 6.45) is 5.19. The molecule has 11 heavy (non-hydrogen) atoms. The molecule has 0 atom stereocenters. The van der Waals surface area contributed by atoms with Crippen LogP contribution in [0.5, 0.6) is 0 Å². The Hall–Kier alpha value is -0.570. The fraction of sp³-hybridized carbons (Fsp3) is 0.875. The van der Waals surface area contributed by atoms with Gasteiger partial charge in [-0.3, -0.25) is 4.79 Å². The molecular weight excluding hydrogens is 140 g/mol. The maximum absolute atomic E-state index is 10.3. The Balaban J connectivity index is 1.76. The number of carbonyl (C=O) groups is 1. The highest BCUT2D eigenvalue weighted by molar-refractivity contribution is 5.73. The molecule has 1 amide bonds. The highest BCUT2D eigenvalue weighted by Gasteiger charge is 2.19. The smallest absolute Gasteiger partial charge is 0.217 e. The van der Waals surface area contributed by atoms with Gasteiger partial charge in [-0.25, -0.2) is 0 Å². The molecule has 0 heterocycles. The number of nitrogens with one attached hydrogen (secondary N) is 1. The molecule has 0 aromatic carbocycles. The lowest BCUT2D eigenvalue weighted by Gasteiger charge is -2.00. The van der Waals surface area contributed by atoms with Gasteiger partial charge in [0.15, 0.2) is 0 Å². The summed E-state index contributed by atoms with van der Waals surface area (Å²) in [5.74, 6) is -0.184. The Labute approximate surface area is 67.3 Å². The van der Waals surface area contributed by atoms with Crippen molar-refractivity contribution in [3.8, 4) is 0 Å². The van der Waals surface area contributed by atoms with Gasteiger partial charge in [0.1, 0.15) is 0 Å². The van der Waals surface area contributed by atoms with Gasteiger partial charge in [-0.1, -0.05) is 0 Å². The Morgan fingerprint density at radius 2 is 2.18 bits per heavy atom. The first kappa shape index (κ1) is 8.53. The highest BCUT2D eigenvalue weighted by atomic mass is 16.1. The summed E-state index contributed by atoms with van der Waals surface area (Å²) in [6, 6.07) is 0.781. The van der Waals surface area contributed by atoms with Crippen molar-refractivity contribution in [2.45, 2.75) is 38.1 Å². The third kappa shape index (κ3) is 4.79. The van der Waals surface area contributed by atoms with Crippen LogP contribution in [0.2, 0.25) is 0 Å². The van der Waals surface area contributed by atoms with Gasteiger partial charge in [0.25, 0.3) is 0 Å². The average molecular weight is 156 g/mol. The second kappa shape index (κ2) is 4.34. The second-order valence-electron chi connectivity index (χ2n) is 3.15. The maximum Gasteiger partial charge on any atom is 0.217 e. The van der Waals surface area contributed by atoms with Gasteiger partial charge >= 0.3 is 0 Å². The van der Waals surface area contributed by atoms with Gasteiger partial charge in [0.2, 0.25) is 5.91 Å². The van der Waals surface area contributed by atoms with Crippen molar-refractivity contribution in [3.63, 3.8) is 0 Å². The van der Waals surface area contributed by atoms with Gasteiger partial charge in [-0.05, 0) is 32.2 Å². The van der Waals surface area contributed by atoms with E-state index in [1.165, 1.54) is 12.8 Å². The van der Waals surface area contributed by atoms with Crippen molar-refractivity contribution in [2.75, 3.05) is 6.54 Å². The van der Waals surface area contributed by atoms with Gasteiger partial charge in [0, 0.05) is 12.5 Å². The van der Waals surface area contributed by atoms with Gasteiger partial charge in [-0.15, -0.1) is 0 Å². The zero-order valence-corrected chi connectivity index (χ0v) is 6.81. The maximum atomic E-state index is 10.3. The van der Waals surface area contributed by atoms with Crippen LogP contribution in [-0.4, -0.2) is 18.5 Å². The van der Waals surface area contributed by atoms with E-state index in [-0.39, 0.29) is 5.91 Å². The van der Waals surface area contributed by atoms with Crippen molar-refractivity contribution < 1.29 is 4.79 Å². The summed E-state index contributed by atoms with van der Waals surface area (Å²) in [4.78, 5) is 10.3. The monoisotopic (exact) mass is 156 g/mol. The van der Waals surface area contributed by atoms with Crippen LogP contribution >= 0.6 is 0 Å². The van der Waals surface area contributed by atoms with Crippen molar-refractivity contribution in [2.24, 2.45) is 5.73 Å². The molecule has 0 bridgehead atoms. The quantitative estimate of drug-likeness (QED) is 0.547. The van der Waals surface area contributed by atoms with Gasteiger partial charge in [-0.2, -0.15) is 0 Å². The molecule has 64 valence electrons. The van der Waals surface area contributed by atoms with E-state index < -0.39 is 0 Å². The molecule has 0 radical (unpaired) electrons. The van der Waals surface area contributed by atoms with Crippen molar-refractivity contribution in [1.82, 2.24) is 5.32 Å². The topological polar surface area (TPSA) is 55.1 Å². The van der Waals surface area contributed by atoms with Crippen LogP contribution in [0, 0.1) is 0 Å². The minimum Gasteiger partial charge on any atom is -0.370 e. The molecule has 1 fully saturated rings. The van der Waals surface area contributed by atoms with E-state index in [0.717, 1.165) is 25.4 Å². The van der Waals surface area contributed by atoms with E-state index in [2.05, 4.69) is 5.32 Å². The van der Waals surface area contributed by atoms with Crippen LogP contribution in [0.4, 0.5) is 0 Å². The first-order chi connectivity index (χ1) is 5.29. The molecule has 1 rings (SSSR count). The minimum absolute atomic E-state index is 0.184. The second-order valence-corrected chi connectivity index (χ2v) is 3.15. The molecule has 0 aromatic heterocycles. The summed E-state index contributed by atoms with van der Waals surface area (Å²) in [5.41, 5.74) is 4.99. The molecular formula is C8H16N2O. The van der Waals surface area contributed by atoms with Crippen LogP contribution in [0.25, 0.3) is 0 Å². The van der Waals surface area contributed by atoms with Crippen LogP contribution in [0.15, 0.2) is 0 Å². The zero-order valence-electron chi connectivity index (χ0n) is 6.81. The van der Waals surface area contributed by atoms with E-state index >= 15 is 0 Å². The summed E-state index contributed by atoms with van der Waals surface area (Å²) >= 11 is 0. The van der Waals surface area contributed by atoms with Crippen LogP contribution in [0.3, 0.4) is 0 Å². The lowest BCUT2D eigenvalue weighted by Crippen LogP contribution is -2.18. The number of hydrogen-bond acceptors (Lipinski definition) is 2. The van der Waals surface area contributed by atoms with Crippen LogP contribution in [-0.2, 0) is 4.79 Å². The number of primary amides is 1. The molecule has 3 nitrogen and oxygen atoms in total. The van der Waals surface area contributed by atoms with Crippen molar-refractivity contribution >= 4 is 5.91 Å². The lowest BCUT2D eigenvalue weighted by atomic mass is 10.2. The Bertz CT molecular complexity index is 132. The predicted molar refractivity (Wildman–Crippen MR) is 44.1 cm³/mol. The molecule has 1 aliphatic rings. The standard InChI is InChI=1S/C8H16N2O/c9-8(11)3-1-2-6-10-7-4-5-7/h7,10H,1-6H2,(H2,9,11). The fourth-order valence-corrected chi connectivity index (χ4v) is 1.02. The molecule has 1 saturated carbocycles. The highest BCUT2D eigenvalue weighted by Crippen LogP contribution is 2.18. The van der Waals surface area contributed by atoms with E-state index in [4.69, 9.17) is 5.73 Å². The number of carbonyl (C=O) groups excluding carboxylic acids is 1. The van der Waals surface area contributed by atoms with E-state index in [0.29, 0.717) is 6.42 Å². The first-order valence-electron chi connectivity index (χ1n) is 4.31. The summed E-state index contributed by atoms with van der Waals surface area (Å²) in [5, 5.41) is 3.38. The number of nitrogens with two attached hydrogens (primary N) is 1. The summed E-state index contributed by atoms with van der Waals surface area (Å²) in [7, 11) is 0. The number of unbranched alkanes of at least 4 members (excludes halogenated alkanes) is 1. The molecule has 0 spiro atoms. The molecule has 1 aliphatic carbocycles. The fourth-order valence-electron chi connectivity index (χ4n) is 1.02. The SMILES string of the molecule is NC(=O)CCCCNC1CC1. The van der Waals surface area contributed by atoms with Crippen LogP contribution < -0.4 is 11.1 Å². The van der Waals surface area contributed by atoms with E-state index in [1.54, 1.807) is 0 Å². The van der Waals surface area contributed by atoms with E-state index in [9.17, 15) is 4.79 Å². The normalized spacial score (nSPS) is 16.7. The molecule has 0 unspecified atom stereocenters. The Morgan fingerprint density at radius 3 is 2.73 bits per heavy atom. The summed E-state index contributed by atoms with van der Waals surface area (Å²) < 4.78 is 0. The van der Waals surface area contributed by atoms with Gasteiger partial charge < -0.3 is 11.1 Å². The average Bonchev–Trinajstić information content (AvgIpc) is 2.70.